The molecule has 12 heteroatoms. The molecule has 0 aliphatic carbocycles. The zero-order valence-electron chi connectivity index (χ0n) is 18.0. The highest BCUT2D eigenvalue weighted by molar-refractivity contribution is 5.93. The molecule has 2 aliphatic heterocycles. The van der Waals surface area contributed by atoms with E-state index in [0.717, 1.165) is 25.0 Å². The Hall–Kier alpha value is -2.99. The van der Waals surface area contributed by atoms with Gasteiger partial charge >= 0.3 is 12.1 Å². The van der Waals surface area contributed by atoms with Gasteiger partial charge in [0, 0.05) is 38.9 Å². The summed E-state index contributed by atoms with van der Waals surface area (Å²) >= 11 is 0. The fourth-order valence-corrected chi connectivity index (χ4v) is 3.87. The highest BCUT2D eigenvalue weighted by Crippen LogP contribution is 2.42. The molecule has 1 amide bonds. The first-order valence-electron chi connectivity index (χ1n) is 10.3. The van der Waals surface area contributed by atoms with E-state index in [1.165, 1.54) is 0 Å². The number of halogens is 3. The van der Waals surface area contributed by atoms with Crippen molar-refractivity contribution in [3.8, 4) is 0 Å². The summed E-state index contributed by atoms with van der Waals surface area (Å²) in [5.41, 5.74) is 1.44. The molecule has 0 aromatic carbocycles. The van der Waals surface area contributed by atoms with E-state index in [4.69, 9.17) is 19.4 Å². The van der Waals surface area contributed by atoms with Crippen molar-refractivity contribution in [1.82, 2.24) is 19.7 Å². The number of ether oxygens (including phenoxy) is 2. The van der Waals surface area contributed by atoms with Crippen LogP contribution in [0.1, 0.15) is 28.9 Å². The number of aryl methyl sites for hydroxylation is 1. The van der Waals surface area contributed by atoms with Gasteiger partial charge in [0.1, 0.15) is 11.3 Å². The second kappa shape index (κ2) is 10.3. The van der Waals surface area contributed by atoms with Gasteiger partial charge in [-0.15, -0.1) is 0 Å². The Bertz CT molecular complexity index is 945. The number of carbonyl (C=O) groups is 2. The minimum absolute atomic E-state index is 0.0144. The number of aliphatic carboxylic acids is 1. The molecule has 2 aliphatic rings. The van der Waals surface area contributed by atoms with Crippen LogP contribution in [0.5, 0.6) is 0 Å². The molecule has 1 N–H and O–H groups in total. The van der Waals surface area contributed by atoms with Gasteiger partial charge in [-0.1, -0.05) is 0 Å². The van der Waals surface area contributed by atoms with E-state index in [-0.39, 0.29) is 11.5 Å². The highest BCUT2D eigenvalue weighted by atomic mass is 19.4. The van der Waals surface area contributed by atoms with Crippen LogP contribution in [0.4, 0.5) is 13.2 Å². The Morgan fingerprint density at radius 1 is 1.27 bits per heavy atom. The number of pyridine rings is 1. The van der Waals surface area contributed by atoms with E-state index >= 15 is 0 Å². The summed E-state index contributed by atoms with van der Waals surface area (Å²) in [6.07, 6.45) is 2.25. The van der Waals surface area contributed by atoms with Crippen LogP contribution in [0.2, 0.25) is 0 Å². The minimum atomic E-state index is -5.08. The number of likely N-dealkylation sites (tertiary alicyclic amines) is 1. The zero-order valence-corrected chi connectivity index (χ0v) is 18.0. The van der Waals surface area contributed by atoms with Gasteiger partial charge in [-0.25, -0.2) is 4.79 Å². The maximum atomic E-state index is 12.5. The van der Waals surface area contributed by atoms with E-state index in [1.807, 2.05) is 24.1 Å². The summed E-state index contributed by atoms with van der Waals surface area (Å²) in [6, 6.07) is 5.69. The van der Waals surface area contributed by atoms with Crippen LogP contribution < -0.4 is 0 Å². The number of hydrogen-bond acceptors (Lipinski definition) is 6. The first kappa shape index (κ1) is 24.6. The molecule has 0 saturated carbocycles. The van der Waals surface area contributed by atoms with Crippen LogP contribution in [0.15, 0.2) is 36.8 Å². The van der Waals surface area contributed by atoms with Gasteiger partial charge < -0.3 is 19.5 Å². The molecule has 1 unspecified atom stereocenters. The number of nitrogens with zero attached hydrogens (tertiary/aromatic N) is 4. The number of hydrogen-bond donors (Lipinski definition) is 1. The van der Waals surface area contributed by atoms with Crippen LogP contribution in [-0.4, -0.2) is 74.7 Å². The quantitative estimate of drug-likeness (QED) is 0.646. The summed E-state index contributed by atoms with van der Waals surface area (Å²) < 4.78 is 45.2. The SMILES string of the molecule is Cn1ccc(C(=O)N2CC3(C2)OCCC3CCOCc2ccncc2)n1.O=C(O)C(F)(F)F. The lowest BCUT2D eigenvalue weighted by molar-refractivity contribution is -0.192. The van der Waals surface area contributed by atoms with Crippen molar-refractivity contribution in [1.29, 1.82) is 0 Å². The smallest absolute Gasteiger partial charge is 0.475 e. The van der Waals surface area contributed by atoms with Gasteiger partial charge in [-0.2, -0.15) is 18.3 Å². The van der Waals surface area contributed by atoms with E-state index in [9.17, 15) is 18.0 Å². The molecule has 9 nitrogen and oxygen atoms in total. The predicted molar refractivity (Wildman–Crippen MR) is 108 cm³/mol. The van der Waals surface area contributed by atoms with Crippen molar-refractivity contribution < 1.29 is 37.3 Å². The molecule has 0 bridgehead atoms. The fraction of sp³-hybridized carbons (Fsp3) is 0.524. The van der Waals surface area contributed by atoms with Gasteiger partial charge in [-0.3, -0.25) is 14.5 Å². The molecule has 0 radical (unpaired) electrons. The van der Waals surface area contributed by atoms with Crippen LogP contribution >= 0.6 is 0 Å². The number of alkyl halides is 3. The number of carboxylic acids is 1. The maximum Gasteiger partial charge on any atom is 0.490 e. The van der Waals surface area contributed by atoms with Crippen LogP contribution in [0.3, 0.4) is 0 Å². The highest BCUT2D eigenvalue weighted by Gasteiger charge is 2.54. The molecule has 33 heavy (non-hydrogen) atoms. The van der Waals surface area contributed by atoms with E-state index in [2.05, 4.69) is 10.1 Å². The summed E-state index contributed by atoms with van der Waals surface area (Å²) in [7, 11) is 1.82. The Kier molecular flexibility index (Phi) is 7.69. The third-order valence-electron chi connectivity index (χ3n) is 5.61. The zero-order chi connectivity index (χ0) is 24.1. The first-order chi connectivity index (χ1) is 15.6. The predicted octanol–water partition coefficient (Wildman–Crippen LogP) is 2.29. The summed E-state index contributed by atoms with van der Waals surface area (Å²) in [5, 5.41) is 11.3. The minimum Gasteiger partial charge on any atom is -0.475 e. The summed E-state index contributed by atoms with van der Waals surface area (Å²) in [5.74, 6) is -2.33. The standard InChI is InChI=1S/C19H24N4O3.C2HF3O2/c1-22-9-4-17(21-22)18(24)23-13-19(14-23)16(6-11-26-19)5-10-25-12-15-2-7-20-8-3-15;3-2(4,5)1(6)7/h2-4,7-9,16H,5-6,10-14H2,1H3;(H,6,7). The van der Waals surface area contributed by atoms with Crippen LogP contribution in [-0.2, 0) is 27.9 Å². The average molecular weight is 470 g/mol. The van der Waals surface area contributed by atoms with Crippen molar-refractivity contribution in [2.75, 3.05) is 26.3 Å². The second-order valence-corrected chi connectivity index (χ2v) is 7.93. The van der Waals surface area contributed by atoms with Gasteiger partial charge in [0.15, 0.2) is 0 Å². The maximum absolute atomic E-state index is 12.5. The molecule has 180 valence electrons. The molecule has 1 spiro atoms. The number of carboxylic acid groups (broad SMARTS) is 1. The third kappa shape index (κ3) is 6.29. The van der Waals surface area contributed by atoms with Crippen molar-refractivity contribution in [2.24, 2.45) is 13.0 Å². The molecular formula is C21H25F3N4O5. The first-order valence-corrected chi connectivity index (χ1v) is 10.3. The molecule has 2 aromatic rings. The van der Waals surface area contributed by atoms with Crippen molar-refractivity contribution in [2.45, 2.75) is 31.2 Å². The van der Waals surface area contributed by atoms with Crippen molar-refractivity contribution >= 4 is 11.9 Å². The lowest BCUT2D eigenvalue weighted by atomic mass is 9.79. The fourth-order valence-electron chi connectivity index (χ4n) is 3.87. The normalized spacial score (nSPS) is 19.0. The summed E-state index contributed by atoms with van der Waals surface area (Å²) in [4.78, 5) is 27.2. The van der Waals surface area contributed by atoms with Gasteiger partial charge in [0.25, 0.3) is 5.91 Å². The van der Waals surface area contributed by atoms with Crippen molar-refractivity contribution in [3.05, 3.63) is 48.0 Å². The molecule has 2 saturated heterocycles. The molecule has 2 fully saturated rings. The molecular weight excluding hydrogens is 445 g/mol. The molecule has 4 rings (SSSR count). The lowest BCUT2D eigenvalue weighted by Gasteiger charge is -2.50. The molecule has 1 atom stereocenters. The van der Waals surface area contributed by atoms with Crippen LogP contribution in [0, 0.1) is 5.92 Å². The average Bonchev–Trinajstić information content (AvgIpc) is 3.36. The van der Waals surface area contributed by atoms with Gasteiger partial charge in [0.2, 0.25) is 0 Å². The molecule has 4 heterocycles. The lowest BCUT2D eigenvalue weighted by Crippen LogP contribution is -2.66. The summed E-state index contributed by atoms with van der Waals surface area (Å²) in [6.45, 7) is 3.37. The van der Waals surface area contributed by atoms with E-state index in [1.54, 1.807) is 29.3 Å². The largest absolute Gasteiger partial charge is 0.490 e. The second-order valence-electron chi connectivity index (χ2n) is 7.93. The number of amides is 1. The monoisotopic (exact) mass is 470 g/mol. The Balaban J connectivity index is 0.000000383. The number of aromatic nitrogens is 3. The molecule has 2 aromatic heterocycles. The number of rotatable bonds is 6. The third-order valence-corrected chi connectivity index (χ3v) is 5.61. The van der Waals surface area contributed by atoms with Gasteiger partial charge in [-0.05, 0) is 42.5 Å². The van der Waals surface area contributed by atoms with E-state index < -0.39 is 12.1 Å². The van der Waals surface area contributed by atoms with Crippen molar-refractivity contribution in [3.63, 3.8) is 0 Å². The van der Waals surface area contributed by atoms with Gasteiger partial charge in [0.05, 0.1) is 19.7 Å². The topological polar surface area (TPSA) is 107 Å². The van der Waals surface area contributed by atoms with E-state index in [0.29, 0.717) is 37.9 Å². The Morgan fingerprint density at radius 2 is 1.94 bits per heavy atom. The Labute approximate surface area is 188 Å². The Morgan fingerprint density at radius 3 is 2.52 bits per heavy atom. The number of carbonyl (C=O) groups excluding carboxylic acids is 1. The van der Waals surface area contributed by atoms with Crippen LogP contribution in [0.25, 0.3) is 0 Å².